The zero-order valence-electron chi connectivity index (χ0n) is 16.7. The van der Waals surface area contributed by atoms with Crippen molar-refractivity contribution in [2.75, 3.05) is 19.7 Å². The summed E-state index contributed by atoms with van der Waals surface area (Å²) in [6.45, 7) is 8.82. The van der Waals surface area contributed by atoms with E-state index in [4.69, 9.17) is 9.47 Å². The summed E-state index contributed by atoms with van der Waals surface area (Å²) in [5.41, 5.74) is 0.417. The molecule has 28 heavy (non-hydrogen) atoms. The number of halogens is 1. The van der Waals surface area contributed by atoms with Crippen molar-refractivity contribution in [3.8, 4) is 5.75 Å². The van der Waals surface area contributed by atoms with Crippen molar-refractivity contribution >= 4 is 33.7 Å². The quantitative estimate of drug-likeness (QED) is 0.640. The number of carbonyl (C=O) groups is 3. The third-order valence-electron chi connectivity index (χ3n) is 4.07. The van der Waals surface area contributed by atoms with Gasteiger partial charge in [-0.2, -0.15) is 0 Å². The van der Waals surface area contributed by atoms with Crippen LogP contribution in [0.15, 0.2) is 22.7 Å². The first kappa shape index (κ1) is 22.2. The van der Waals surface area contributed by atoms with Crippen LogP contribution in [0.2, 0.25) is 0 Å². The fraction of sp³-hybridized carbons (Fsp3) is 0.550. The summed E-state index contributed by atoms with van der Waals surface area (Å²) in [7, 11) is 0. The van der Waals surface area contributed by atoms with Gasteiger partial charge in [0.2, 0.25) is 5.91 Å². The number of hydrogen-bond donors (Lipinski definition) is 1. The van der Waals surface area contributed by atoms with E-state index in [0.29, 0.717) is 41.4 Å². The lowest BCUT2D eigenvalue weighted by Crippen LogP contribution is -2.57. The minimum Gasteiger partial charge on any atom is -0.492 e. The van der Waals surface area contributed by atoms with E-state index in [2.05, 4.69) is 35.1 Å². The van der Waals surface area contributed by atoms with Gasteiger partial charge in [0, 0.05) is 18.7 Å². The molecule has 1 aliphatic heterocycles. The molecule has 1 unspecified atom stereocenters. The van der Waals surface area contributed by atoms with Crippen LogP contribution in [0.25, 0.3) is 0 Å². The minimum atomic E-state index is -0.886. The zero-order chi connectivity index (χ0) is 20.8. The molecule has 1 atom stereocenters. The third-order valence-corrected chi connectivity index (χ3v) is 4.69. The van der Waals surface area contributed by atoms with E-state index in [1.165, 1.54) is 4.90 Å². The molecule has 1 N–H and O–H groups in total. The highest BCUT2D eigenvalue weighted by atomic mass is 79.9. The smallest absolute Gasteiger partial charge is 0.308 e. The van der Waals surface area contributed by atoms with E-state index in [9.17, 15) is 14.4 Å². The van der Waals surface area contributed by atoms with E-state index in [-0.39, 0.29) is 24.3 Å². The van der Waals surface area contributed by atoms with Crippen molar-refractivity contribution in [2.24, 2.45) is 5.92 Å². The summed E-state index contributed by atoms with van der Waals surface area (Å²) in [6, 6.07) is 4.18. The second kappa shape index (κ2) is 9.91. The Bertz CT molecular complexity index is 735. The summed E-state index contributed by atoms with van der Waals surface area (Å²) in [4.78, 5) is 38.8. The monoisotopic (exact) mass is 454 g/mol. The standard InChI is InChI=1S/C20H27BrN2O5/c1-12(2)11-27-17-6-5-14(9-15(17)21)20(26)23-8-7-22-19(25)16(23)10-18(24)28-13(3)4/h5-6,9,12-13,16H,7-8,10-11H2,1-4H3,(H,22,25). The Labute approximate surface area is 173 Å². The Kier molecular flexibility index (Phi) is 7.86. The van der Waals surface area contributed by atoms with Crippen LogP contribution in [0.3, 0.4) is 0 Å². The molecule has 2 amide bonds. The number of nitrogens with zero attached hydrogens (tertiary/aromatic N) is 1. The molecular formula is C20H27BrN2O5. The van der Waals surface area contributed by atoms with Gasteiger partial charge in [-0.15, -0.1) is 0 Å². The predicted octanol–water partition coefficient (Wildman–Crippen LogP) is 2.77. The maximum Gasteiger partial charge on any atom is 0.308 e. The van der Waals surface area contributed by atoms with E-state index in [1.807, 2.05) is 0 Å². The number of carbonyl (C=O) groups excluding carboxylic acids is 3. The molecule has 1 aromatic carbocycles. The molecule has 1 saturated heterocycles. The number of esters is 1. The number of piperazine rings is 1. The SMILES string of the molecule is CC(C)COc1ccc(C(=O)N2CCNC(=O)C2CC(=O)OC(C)C)cc1Br. The van der Waals surface area contributed by atoms with Crippen molar-refractivity contribution in [2.45, 2.75) is 46.3 Å². The average Bonchev–Trinajstić information content (AvgIpc) is 2.61. The van der Waals surface area contributed by atoms with Gasteiger partial charge in [-0.1, -0.05) is 13.8 Å². The minimum absolute atomic E-state index is 0.174. The van der Waals surface area contributed by atoms with Gasteiger partial charge in [-0.05, 0) is 53.9 Å². The Morgan fingerprint density at radius 3 is 2.61 bits per heavy atom. The largest absolute Gasteiger partial charge is 0.492 e. The van der Waals surface area contributed by atoms with Crippen LogP contribution >= 0.6 is 15.9 Å². The van der Waals surface area contributed by atoms with Gasteiger partial charge in [0.05, 0.1) is 23.6 Å². The van der Waals surface area contributed by atoms with Crippen LogP contribution in [-0.4, -0.2) is 54.5 Å². The summed E-state index contributed by atoms with van der Waals surface area (Å²) in [6.07, 6.45) is -0.454. The fourth-order valence-corrected chi connectivity index (χ4v) is 3.30. The number of nitrogens with one attached hydrogen (secondary N) is 1. The molecule has 0 aromatic heterocycles. The van der Waals surface area contributed by atoms with Gasteiger partial charge in [-0.25, -0.2) is 0 Å². The van der Waals surface area contributed by atoms with Crippen molar-refractivity contribution in [1.82, 2.24) is 10.2 Å². The lowest BCUT2D eigenvalue weighted by atomic mass is 10.1. The number of ether oxygens (including phenoxy) is 2. The molecular weight excluding hydrogens is 428 g/mol. The Morgan fingerprint density at radius 2 is 2.00 bits per heavy atom. The Balaban J connectivity index is 2.16. The first-order valence-electron chi connectivity index (χ1n) is 9.39. The highest BCUT2D eigenvalue weighted by Crippen LogP contribution is 2.27. The van der Waals surface area contributed by atoms with Crippen LogP contribution in [0.1, 0.15) is 44.5 Å². The number of hydrogen-bond acceptors (Lipinski definition) is 5. The van der Waals surface area contributed by atoms with Crippen LogP contribution in [0.4, 0.5) is 0 Å². The van der Waals surface area contributed by atoms with Crippen LogP contribution in [0.5, 0.6) is 5.75 Å². The van der Waals surface area contributed by atoms with Crippen molar-refractivity contribution in [3.05, 3.63) is 28.2 Å². The van der Waals surface area contributed by atoms with Crippen molar-refractivity contribution in [1.29, 1.82) is 0 Å². The van der Waals surface area contributed by atoms with Gasteiger partial charge in [0.15, 0.2) is 0 Å². The molecule has 0 bridgehead atoms. The third kappa shape index (κ3) is 5.95. The van der Waals surface area contributed by atoms with Crippen LogP contribution < -0.4 is 10.1 Å². The summed E-state index contributed by atoms with van der Waals surface area (Å²) in [5, 5.41) is 2.71. The molecule has 0 spiro atoms. The van der Waals surface area contributed by atoms with Gasteiger partial charge in [0.1, 0.15) is 11.8 Å². The summed E-state index contributed by atoms with van der Waals surface area (Å²) < 4.78 is 11.5. The second-order valence-corrected chi connectivity index (χ2v) is 8.25. The molecule has 1 fully saturated rings. The summed E-state index contributed by atoms with van der Waals surface area (Å²) in [5.74, 6) is -0.136. The van der Waals surface area contributed by atoms with Gasteiger partial charge < -0.3 is 19.7 Å². The molecule has 1 aromatic rings. The maximum absolute atomic E-state index is 13.0. The van der Waals surface area contributed by atoms with E-state index < -0.39 is 12.0 Å². The van der Waals surface area contributed by atoms with Crippen molar-refractivity contribution in [3.63, 3.8) is 0 Å². The normalized spacial score (nSPS) is 16.9. The molecule has 0 saturated carbocycles. The average molecular weight is 455 g/mol. The molecule has 1 heterocycles. The van der Waals surface area contributed by atoms with E-state index in [1.54, 1.807) is 32.0 Å². The number of rotatable bonds is 7. The van der Waals surface area contributed by atoms with Crippen LogP contribution in [0, 0.1) is 5.92 Å². The highest BCUT2D eigenvalue weighted by Gasteiger charge is 2.35. The summed E-state index contributed by atoms with van der Waals surface area (Å²) >= 11 is 3.43. The fourth-order valence-electron chi connectivity index (χ4n) is 2.80. The molecule has 154 valence electrons. The maximum atomic E-state index is 13.0. The second-order valence-electron chi connectivity index (χ2n) is 7.40. The van der Waals surface area contributed by atoms with E-state index >= 15 is 0 Å². The van der Waals surface area contributed by atoms with Gasteiger partial charge in [0.25, 0.3) is 5.91 Å². The lowest BCUT2D eigenvalue weighted by molar-refractivity contribution is -0.151. The zero-order valence-corrected chi connectivity index (χ0v) is 18.2. The van der Waals surface area contributed by atoms with Gasteiger partial charge >= 0.3 is 5.97 Å². The number of amides is 2. The number of benzene rings is 1. The topological polar surface area (TPSA) is 84.9 Å². The van der Waals surface area contributed by atoms with Crippen LogP contribution in [-0.2, 0) is 14.3 Å². The highest BCUT2D eigenvalue weighted by molar-refractivity contribution is 9.10. The molecule has 1 aliphatic rings. The Hall–Kier alpha value is -2.09. The first-order chi connectivity index (χ1) is 13.2. The molecule has 8 heteroatoms. The molecule has 0 radical (unpaired) electrons. The van der Waals surface area contributed by atoms with Crippen molar-refractivity contribution < 1.29 is 23.9 Å². The molecule has 7 nitrogen and oxygen atoms in total. The molecule has 0 aliphatic carbocycles. The van der Waals surface area contributed by atoms with Gasteiger partial charge in [-0.3, -0.25) is 14.4 Å². The first-order valence-corrected chi connectivity index (χ1v) is 10.2. The predicted molar refractivity (Wildman–Crippen MR) is 108 cm³/mol. The molecule has 2 rings (SSSR count). The lowest BCUT2D eigenvalue weighted by Gasteiger charge is -2.34. The van der Waals surface area contributed by atoms with E-state index in [0.717, 1.165) is 0 Å². The Morgan fingerprint density at radius 1 is 1.29 bits per heavy atom.